The lowest BCUT2D eigenvalue weighted by Crippen LogP contribution is -2.15. The molecule has 0 radical (unpaired) electrons. The Bertz CT molecular complexity index is 343. The van der Waals surface area contributed by atoms with E-state index in [0.29, 0.717) is 11.4 Å². The maximum Gasteiger partial charge on any atom is 0.236 e. The molecule has 0 saturated heterocycles. The Kier molecular flexibility index (Phi) is 2.58. The molecule has 1 amide bonds. The smallest absolute Gasteiger partial charge is 0.236 e. The number of anilines is 1. The quantitative estimate of drug-likeness (QED) is 0.475. The molecule has 0 aromatic carbocycles. The standard InChI is InChI=1S/C6H9N5O2/c1-3(8-9-4(2)12)5-6(7)11-13-10-5/h1-2H3,(H2,7,11)(H,9,12)/b8-3-. The number of nitrogen functional groups attached to an aromatic ring is 1. The fraction of sp³-hybridized carbons (Fsp3) is 0.333. The van der Waals surface area contributed by atoms with E-state index in [9.17, 15) is 4.79 Å². The van der Waals surface area contributed by atoms with Gasteiger partial charge in [-0.2, -0.15) is 5.10 Å². The van der Waals surface area contributed by atoms with E-state index >= 15 is 0 Å². The van der Waals surface area contributed by atoms with Crippen LogP contribution in [0.2, 0.25) is 0 Å². The molecule has 1 heterocycles. The third kappa shape index (κ3) is 2.26. The molecule has 0 aliphatic carbocycles. The van der Waals surface area contributed by atoms with E-state index in [2.05, 4.69) is 25.5 Å². The van der Waals surface area contributed by atoms with Crippen LogP contribution >= 0.6 is 0 Å². The molecule has 0 atom stereocenters. The van der Waals surface area contributed by atoms with Crippen LogP contribution in [0.3, 0.4) is 0 Å². The summed E-state index contributed by atoms with van der Waals surface area (Å²) in [4.78, 5) is 10.5. The highest BCUT2D eigenvalue weighted by Gasteiger charge is 2.09. The number of nitrogens with zero attached hydrogens (tertiary/aromatic N) is 3. The van der Waals surface area contributed by atoms with Gasteiger partial charge in [-0.3, -0.25) is 4.79 Å². The van der Waals surface area contributed by atoms with Gasteiger partial charge >= 0.3 is 0 Å². The molecule has 3 N–H and O–H groups in total. The van der Waals surface area contributed by atoms with E-state index in [1.54, 1.807) is 6.92 Å². The van der Waals surface area contributed by atoms with Crippen LogP contribution in [0.1, 0.15) is 19.5 Å². The second-order valence-electron chi connectivity index (χ2n) is 2.36. The van der Waals surface area contributed by atoms with Gasteiger partial charge in [-0.1, -0.05) is 0 Å². The van der Waals surface area contributed by atoms with Crippen molar-refractivity contribution in [2.45, 2.75) is 13.8 Å². The molecule has 0 bridgehead atoms. The summed E-state index contributed by atoms with van der Waals surface area (Å²) in [7, 11) is 0. The first-order valence-corrected chi connectivity index (χ1v) is 3.50. The molecule has 0 aliphatic rings. The zero-order valence-electron chi connectivity index (χ0n) is 7.24. The lowest BCUT2D eigenvalue weighted by atomic mass is 10.3. The minimum absolute atomic E-state index is 0.145. The van der Waals surface area contributed by atoms with Crippen LogP contribution < -0.4 is 11.2 Å². The van der Waals surface area contributed by atoms with E-state index in [-0.39, 0.29) is 11.7 Å². The molecular weight excluding hydrogens is 174 g/mol. The Morgan fingerprint density at radius 2 is 2.23 bits per heavy atom. The molecule has 70 valence electrons. The number of nitrogens with two attached hydrogens (primary N) is 1. The van der Waals surface area contributed by atoms with Gasteiger partial charge in [0.25, 0.3) is 0 Å². The highest BCUT2D eigenvalue weighted by atomic mass is 16.6. The summed E-state index contributed by atoms with van der Waals surface area (Å²) in [6, 6.07) is 0. The maximum atomic E-state index is 10.5. The van der Waals surface area contributed by atoms with Crippen molar-refractivity contribution in [3.05, 3.63) is 5.69 Å². The van der Waals surface area contributed by atoms with Crippen LogP contribution in [0.15, 0.2) is 9.73 Å². The van der Waals surface area contributed by atoms with Crippen molar-refractivity contribution in [2.24, 2.45) is 5.10 Å². The zero-order valence-corrected chi connectivity index (χ0v) is 7.24. The molecule has 1 rings (SSSR count). The van der Waals surface area contributed by atoms with Gasteiger partial charge in [0.1, 0.15) is 0 Å². The van der Waals surface area contributed by atoms with Crippen molar-refractivity contribution in [1.29, 1.82) is 0 Å². The molecule has 1 aromatic rings. The minimum Gasteiger partial charge on any atom is -0.379 e. The Labute approximate surface area is 73.9 Å². The average molecular weight is 183 g/mol. The third-order valence-electron chi connectivity index (χ3n) is 1.24. The van der Waals surface area contributed by atoms with Crippen molar-refractivity contribution in [3.63, 3.8) is 0 Å². The Hall–Kier alpha value is -1.92. The normalized spacial score (nSPS) is 11.4. The predicted molar refractivity (Wildman–Crippen MR) is 44.7 cm³/mol. The van der Waals surface area contributed by atoms with Gasteiger partial charge in [-0.15, -0.1) is 0 Å². The number of nitrogens with one attached hydrogen (secondary N) is 1. The van der Waals surface area contributed by atoms with E-state index in [4.69, 9.17) is 5.73 Å². The van der Waals surface area contributed by atoms with Gasteiger partial charge in [0.15, 0.2) is 11.5 Å². The van der Waals surface area contributed by atoms with Crippen molar-refractivity contribution in [2.75, 3.05) is 5.73 Å². The number of carbonyl (C=O) groups excluding carboxylic acids is 1. The molecule has 13 heavy (non-hydrogen) atoms. The van der Waals surface area contributed by atoms with Gasteiger partial charge < -0.3 is 5.73 Å². The van der Waals surface area contributed by atoms with Gasteiger partial charge in [-0.05, 0) is 17.2 Å². The Morgan fingerprint density at radius 3 is 2.69 bits per heavy atom. The summed E-state index contributed by atoms with van der Waals surface area (Å²) >= 11 is 0. The molecular formula is C6H9N5O2. The molecule has 0 saturated carbocycles. The Balaban J connectivity index is 2.78. The van der Waals surface area contributed by atoms with Gasteiger partial charge in [-0.25, -0.2) is 10.1 Å². The van der Waals surface area contributed by atoms with Crippen molar-refractivity contribution < 1.29 is 9.42 Å². The number of aromatic nitrogens is 2. The van der Waals surface area contributed by atoms with Gasteiger partial charge in [0.2, 0.25) is 5.91 Å². The summed E-state index contributed by atoms with van der Waals surface area (Å²) in [6.07, 6.45) is 0. The van der Waals surface area contributed by atoms with Gasteiger partial charge in [0, 0.05) is 6.92 Å². The molecule has 0 spiro atoms. The predicted octanol–water partition coefficient (Wildman–Crippen LogP) is -0.488. The second-order valence-corrected chi connectivity index (χ2v) is 2.36. The Morgan fingerprint density at radius 1 is 1.54 bits per heavy atom. The number of amides is 1. The van der Waals surface area contributed by atoms with Crippen molar-refractivity contribution in [1.82, 2.24) is 15.7 Å². The number of hydrazone groups is 1. The van der Waals surface area contributed by atoms with Crippen molar-refractivity contribution in [3.8, 4) is 0 Å². The maximum absolute atomic E-state index is 10.5. The second kappa shape index (κ2) is 3.65. The third-order valence-corrected chi connectivity index (χ3v) is 1.24. The summed E-state index contributed by atoms with van der Waals surface area (Å²) in [6.45, 7) is 2.98. The molecule has 7 nitrogen and oxygen atoms in total. The zero-order chi connectivity index (χ0) is 9.84. The van der Waals surface area contributed by atoms with E-state index in [1.165, 1.54) is 6.92 Å². The monoisotopic (exact) mass is 183 g/mol. The summed E-state index contributed by atoms with van der Waals surface area (Å²) < 4.78 is 4.35. The number of rotatable bonds is 2. The summed E-state index contributed by atoms with van der Waals surface area (Å²) in [5.74, 6) is -0.124. The topological polar surface area (TPSA) is 106 Å². The first-order chi connectivity index (χ1) is 6.11. The fourth-order valence-corrected chi connectivity index (χ4v) is 0.662. The molecule has 0 unspecified atom stereocenters. The number of hydrogen-bond donors (Lipinski definition) is 2. The highest BCUT2D eigenvalue weighted by Crippen LogP contribution is 2.04. The van der Waals surface area contributed by atoms with Crippen LogP contribution in [0, 0.1) is 0 Å². The lowest BCUT2D eigenvalue weighted by Gasteiger charge is -1.95. The summed E-state index contributed by atoms with van der Waals surface area (Å²) in [5.41, 5.74) is 8.40. The summed E-state index contributed by atoms with van der Waals surface area (Å²) in [5, 5.41) is 10.6. The van der Waals surface area contributed by atoms with Crippen LogP contribution in [0.5, 0.6) is 0 Å². The highest BCUT2D eigenvalue weighted by molar-refractivity contribution is 6.00. The van der Waals surface area contributed by atoms with Crippen molar-refractivity contribution >= 4 is 17.4 Å². The number of carbonyl (C=O) groups is 1. The van der Waals surface area contributed by atoms with Crippen LogP contribution in [-0.2, 0) is 4.79 Å². The van der Waals surface area contributed by atoms with Crippen LogP contribution in [-0.4, -0.2) is 21.9 Å². The average Bonchev–Trinajstić information content (AvgIpc) is 2.47. The molecule has 7 heteroatoms. The number of hydrogen-bond acceptors (Lipinski definition) is 6. The van der Waals surface area contributed by atoms with Crippen LogP contribution in [0.4, 0.5) is 5.82 Å². The molecule has 0 aliphatic heterocycles. The first-order valence-electron chi connectivity index (χ1n) is 3.50. The minimum atomic E-state index is -0.269. The van der Waals surface area contributed by atoms with E-state index in [1.807, 2.05) is 0 Å². The largest absolute Gasteiger partial charge is 0.379 e. The first kappa shape index (κ1) is 9.17. The molecule has 1 aromatic heterocycles. The van der Waals surface area contributed by atoms with Gasteiger partial charge in [0.05, 0.1) is 5.71 Å². The fourth-order valence-electron chi connectivity index (χ4n) is 0.662. The van der Waals surface area contributed by atoms with E-state index in [0.717, 1.165) is 0 Å². The van der Waals surface area contributed by atoms with Crippen LogP contribution in [0.25, 0.3) is 0 Å². The SMILES string of the molecule is CC(=O)N/N=C(/C)c1nonc1N. The lowest BCUT2D eigenvalue weighted by molar-refractivity contribution is -0.118. The molecule has 0 fully saturated rings. The van der Waals surface area contributed by atoms with E-state index < -0.39 is 0 Å².